The van der Waals surface area contributed by atoms with E-state index in [-0.39, 0.29) is 0 Å². The number of methoxy groups -OCH3 is 2. The lowest BCUT2D eigenvalue weighted by molar-refractivity contribution is -0.136. The van der Waals surface area contributed by atoms with Gasteiger partial charge in [0.1, 0.15) is 5.75 Å². The molecule has 0 aliphatic carbocycles. The molecule has 9 heteroatoms. The molecular weight excluding hydrogens is 474 g/mol. The van der Waals surface area contributed by atoms with Crippen molar-refractivity contribution in [3.63, 3.8) is 0 Å². The Bertz CT molecular complexity index is 1480. The van der Waals surface area contributed by atoms with Crippen LogP contribution in [0.15, 0.2) is 90.0 Å². The number of benzene rings is 4. The average Bonchev–Trinajstić information content (AvgIpc) is 2.93. The predicted molar refractivity (Wildman–Crippen MR) is 139 cm³/mol. The molecule has 0 aliphatic rings. The summed E-state index contributed by atoms with van der Waals surface area (Å²) < 4.78 is 15.8. The highest BCUT2D eigenvalue weighted by Gasteiger charge is 2.15. The van der Waals surface area contributed by atoms with Gasteiger partial charge in [0.05, 0.1) is 26.0 Å². The van der Waals surface area contributed by atoms with Gasteiger partial charge in [-0.25, -0.2) is 10.2 Å². The third-order valence-corrected chi connectivity index (χ3v) is 5.33. The fourth-order valence-corrected chi connectivity index (χ4v) is 3.48. The first-order chi connectivity index (χ1) is 18.0. The van der Waals surface area contributed by atoms with Gasteiger partial charge in [-0.05, 0) is 59.5 Å². The van der Waals surface area contributed by atoms with Crippen molar-refractivity contribution in [3.05, 3.63) is 96.1 Å². The molecule has 2 N–H and O–H groups in total. The Morgan fingerprint density at radius 2 is 1.51 bits per heavy atom. The maximum atomic E-state index is 12.5. The van der Waals surface area contributed by atoms with Crippen LogP contribution in [-0.2, 0) is 9.59 Å². The Kier molecular flexibility index (Phi) is 7.75. The number of hydrazone groups is 1. The molecule has 186 valence electrons. The number of ether oxygens (including phenoxy) is 3. The summed E-state index contributed by atoms with van der Waals surface area (Å²) in [5.41, 5.74) is 3.64. The summed E-state index contributed by atoms with van der Waals surface area (Å²) in [6, 6.07) is 24.1. The quantitative estimate of drug-likeness (QED) is 0.130. The van der Waals surface area contributed by atoms with Crippen LogP contribution in [0.5, 0.6) is 17.2 Å². The number of nitrogens with one attached hydrogen (secondary N) is 2. The highest BCUT2D eigenvalue weighted by molar-refractivity contribution is 6.40. The van der Waals surface area contributed by atoms with Gasteiger partial charge in [0.25, 0.3) is 0 Å². The van der Waals surface area contributed by atoms with E-state index in [1.54, 1.807) is 48.5 Å². The molecule has 9 nitrogen and oxygen atoms in total. The molecule has 4 aromatic carbocycles. The standard InChI is InChI=1S/C28H23N3O6/c1-35-24-15-12-20(16-25(24)36-2)28(34)37-21-13-10-18(11-14-21)17-29-31-27(33)26(32)30-23-9-5-7-19-6-3-4-8-22(19)23/h3-17H,1-2H3,(H,30,32)(H,31,33)/b29-17-. The number of fused-ring (bicyclic) bond motifs is 1. The molecule has 0 radical (unpaired) electrons. The largest absolute Gasteiger partial charge is 0.493 e. The van der Waals surface area contributed by atoms with E-state index in [0.717, 1.165) is 10.8 Å². The van der Waals surface area contributed by atoms with Gasteiger partial charge < -0.3 is 19.5 Å². The molecule has 37 heavy (non-hydrogen) atoms. The molecular formula is C28H23N3O6. The second kappa shape index (κ2) is 11.5. The van der Waals surface area contributed by atoms with E-state index < -0.39 is 17.8 Å². The van der Waals surface area contributed by atoms with Crippen LogP contribution in [0.4, 0.5) is 5.69 Å². The third-order valence-electron chi connectivity index (χ3n) is 5.33. The number of rotatable bonds is 7. The zero-order valence-corrected chi connectivity index (χ0v) is 20.1. The van der Waals surface area contributed by atoms with Gasteiger partial charge in [0.2, 0.25) is 0 Å². The average molecular weight is 498 g/mol. The number of amides is 2. The van der Waals surface area contributed by atoms with E-state index >= 15 is 0 Å². The monoisotopic (exact) mass is 497 g/mol. The van der Waals surface area contributed by atoms with Crippen molar-refractivity contribution in [2.24, 2.45) is 5.10 Å². The lowest BCUT2D eigenvalue weighted by atomic mass is 10.1. The van der Waals surface area contributed by atoms with Crippen LogP contribution in [0, 0.1) is 0 Å². The smallest absolute Gasteiger partial charge is 0.343 e. The van der Waals surface area contributed by atoms with Crippen LogP contribution < -0.4 is 25.0 Å². The lowest BCUT2D eigenvalue weighted by Gasteiger charge is -2.09. The summed E-state index contributed by atoms with van der Waals surface area (Å²) in [6.45, 7) is 0. The molecule has 0 fully saturated rings. The highest BCUT2D eigenvalue weighted by atomic mass is 16.5. The van der Waals surface area contributed by atoms with Gasteiger partial charge in [0.15, 0.2) is 11.5 Å². The van der Waals surface area contributed by atoms with E-state index in [2.05, 4.69) is 15.8 Å². The Morgan fingerprint density at radius 3 is 2.27 bits per heavy atom. The summed E-state index contributed by atoms with van der Waals surface area (Å²) >= 11 is 0. The molecule has 0 unspecified atom stereocenters. The van der Waals surface area contributed by atoms with Crippen molar-refractivity contribution in [1.82, 2.24) is 5.43 Å². The summed E-state index contributed by atoms with van der Waals surface area (Å²) in [6.07, 6.45) is 1.36. The maximum Gasteiger partial charge on any atom is 0.343 e. The summed E-state index contributed by atoms with van der Waals surface area (Å²) in [5.74, 6) is -1.09. The van der Waals surface area contributed by atoms with Crippen molar-refractivity contribution in [1.29, 1.82) is 0 Å². The number of hydrogen-bond acceptors (Lipinski definition) is 7. The molecule has 4 rings (SSSR count). The van der Waals surface area contributed by atoms with Gasteiger partial charge in [-0.1, -0.05) is 36.4 Å². The second-order valence-corrected chi connectivity index (χ2v) is 7.71. The zero-order chi connectivity index (χ0) is 26.2. The van der Waals surface area contributed by atoms with Gasteiger partial charge in [-0.15, -0.1) is 0 Å². The molecule has 0 heterocycles. The summed E-state index contributed by atoms with van der Waals surface area (Å²) in [5, 5.41) is 8.18. The molecule has 0 aliphatic heterocycles. The van der Waals surface area contributed by atoms with Crippen molar-refractivity contribution >= 4 is 40.5 Å². The Labute approximate surface area is 212 Å². The normalized spacial score (nSPS) is 10.6. The molecule has 0 saturated carbocycles. The minimum absolute atomic E-state index is 0.299. The van der Waals surface area contributed by atoms with Gasteiger partial charge in [0, 0.05) is 11.1 Å². The predicted octanol–water partition coefficient (Wildman–Crippen LogP) is 4.17. The molecule has 0 spiro atoms. The third kappa shape index (κ3) is 6.09. The minimum Gasteiger partial charge on any atom is -0.493 e. The van der Waals surface area contributed by atoms with Gasteiger partial charge in [-0.3, -0.25) is 9.59 Å². The highest BCUT2D eigenvalue weighted by Crippen LogP contribution is 2.28. The van der Waals surface area contributed by atoms with Crippen molar-refractivity contribution in [2.45, 2.75) is 0 Å². The zero-order valence-electron chi connectivity index (χ0n) is 20.1. The van der Waals surface area contributed by atoms with Gasteiger partial charge in [-0.2, -0.15) is 5.10 Å². The van der Waals surface area contributed by atoms with Crippen LogP contribution in [0.3, 0.4) is 0 Å². The molecule has 2 amide bonds. The van der Waals surface area contributed by atoms with Gasteiger partial charge >= 0.3 is 17.8 Å². The first-order valence-electron chi connectivity index (χ1n) is 11.1. The fourth-order valence-electron chi connectivity index (χ4n) is 3.48. The SMILES string of the molecule is COc1ccc(C(=O)Oc2ccc(/C=N\NC(=O)C(=O)Nc3cccc4ccccc34)cc2)cc1OC. The minimum atomic E-state index is -0.912. The van der Waals surface area contributed by atoms with Crippen LogP contribution >= 0.6 is 0 Å². The Hall–Kier alpha value is -5.18. The van der Waals surface area contributed by atoms with Crippen molar-refractivity contribution in [3.8, 4) is 17.2 Å². The molecule has 0 bridgehead atoms. The summed E-state index contributed by atoms with van der Waals surface area (Å²) in [7, 11) is 2.99. The number of carbonyl (C=O) groups excluding carboxylic acids is 3. The molecule has 0 saturated heterocycles. The van der Waals surface area contributed by atoms with E-state index in [1.165, 1.54) is 26.5 Å². The summed E-state index contributed by atoms with van der Waals surface area (Å²) in [4.78, 5) is 36.9. The first kappa shape index (κ1) is 24.9. The van der Waals surface area contributed by atoms with E-state index in [1.807, 2.05) is 30.3 Å². The number of anilines is 1. The topological polar surface area (TPSA) is 115 Å². The first-order valence-corrected chi connectivity index (χ1v) is 11.1. The fraction of sp³-hybridized carbons (Fsp3) is 0.0714. The number of nitrogens with zero attached hydrogens (tertiary/aromatic N) is 1. The van der Waals surface area contributed by atoms with Crippen LogP contribution in [0.25, 0.3) is 10.8 Å². The number of hydrogen-bond donors (Lipinski definition) is 2. The van der Waals surface area contributed by atoms with Crippen LogP contribution in [-0.4, -0.2) is 38.2 Å². The molecule has 0 aromatic heterocycles. The Morgan fingerprint density at radius 1 is 0.784 bits per heavy atom. The molecule has 4 aromatic rings. The number of esters is 1. The molecule has 0 atom stereocenters. The van der Waals surface area contributed by atoms with Crippen molar-refractivity contribution < 1.29 is 28.6 Å². The van der Waals surface area contributed by atoms with Crippen molar-refractivity contribution in [2.75, 3.05) is 19.5 Å². The maximum absolute atomic E-state index is 12.5. The number of carbonyl (C=O) groups is 3. The van der Waals surface area contributed by atoms with Crippen LogP contribution in [0.1, 0.15) is 15.9 Å². The van der Waals surface area contributed by atoms with E-state index in [9.17, 15) is 14.4 Å². The second-order valence-electron chi connectivity index (χ2n) is 7.71. The van der Waals surface area contributed by atoms with E-state index in [4.69, 9.17) is 14.2 Å². The lowest BCUT2D eigenvalue weighted by Crippen LogP contribution is -2.32. The Balaban J connectivity index is 1.32. The van der Waals surface area contributed by atoms with E-state index in [0.29, 0.717) is 34.1 Å². The van der Waals surface area contributed by atoms with Crippen LogP contribution in [0.2, 0.25) is 0 Å².